The molecular formula is C35H66N8O7. The first-order valence-electron chi connectivity index (χ1n) is 18.2. The zero-order valence-corrected chi connectivity index (χ0v) is 30.5. The molecular weight excluding hydrogens is 644 g/mol. The average molecular weight is 711 g/mol. The summed E-state index contributed by atoms with van der Waals surface area (Å²) in [6.45, 7) is 6.72. The van der Waals surface area contributed by atoms with Crippen molar-refractivity contribution in [2.75, 3.05) is 72.1 Å². The molecule has 0 bridgehead atoms. The molecule has 0 unspecified atom stereocenters. The van der Waals surface area contributed by atoms with Crippen molar-refractivity contribution in [2.45, 2.75) is 96.6 Å². The first-order chi connectivity index (χ1) is 24.1. The molecule has 50 heavy (non-hydrogen) atoms. The third-order valence-electron chi connectivity index (χ3n) is 7.66. The Kier molecular flexibility index (Phi) is 29.5. The molecule has 0 spiro atoms. The zero-order valence-electron chi connectivity index (χ0n) is 30.5. The molecule has 0 fully saturated rings. The lowest BCUT2D eigenvalue weighted by molar-refractivity contribution is -0.133. The van der Waals surface area contributed by atoms with Crippen LogP contribution in [0, 0.1) is 0 Å². The van der Waals surface area contributed by atoms with Crippen LogP contribution >= 0.6 is 0 Å². The fourth-order valence-corrected chi connectivity index (χ4v) is 4.71. The van der Waals surface area contributed by atoms with E-state index in [1.54, 1.807) is 4.90 Å². The van der Waals surface area contributed by atoms with E-state index in [1.807, 2.05) is 43.1 Å². The minimum absolute atomic E-state index is 0.000628. The third-order valence-corrected chi connectivity index (χ3v) is 7.66. The van der Waals surface area contributed by atoms with Crippen LogP contribution in [0.3, 0.4) is 0 Å². The number of carbonyl (C=O) groups is 5. The van der Waals surface area contributed by atoms with E-state index < -0.39 is 37.1 Å². The summed E-state index contributed by atoms with van der Waals surface area (Å²) in [7, 11) is 0. The van der Waals surface area contributed by atoms with E-state index in [2.05, 4.69) is 21.3 Å². The lowest BCUT2D eigenvalue weighted by Gasteiger charge is -2.28. The predicted octanol–water partition coefficient (Wildman–Crippen LogP) is -0.336. The van der Waals surface area contributed by atoms with E-state index in [1.165, 1.54) is 0 Å². The first-order valence-corrected chi connectivity index (χ1v) is 18.2. The Morgan fingerprint density at radius 1 is 0.600 bits per heavy atom. The largest absolute Gasteiger partial charge is 0.394 e. The maximum atomic E-state index is 13.7. The summed E-state index contributed by atoms with van der Waals surface area (Å²) in [6, 6.07) is -2.01. The number of nitrogens with one attached hydrogen (secondary N) is 4. The van der Waals surface area contributed by atoms with Gasteiger partial charge in [-0.1, -0.05) is 38.2 Å². The fraction of sp³-hybridized carbons (Fsp3) is 0.743. The molecule has 0 aliphatic heterocycles. The summed E-state index contributed by atoms with van der Waals surface area (Å²) in [4.78, 5) is 65.6. The highest BCUT2D eigenvalue weighted by Crippen LogP contribution is 2.04. The minimum atomic E-state index is -1.01. The Morgan fingerprint density at radius 3 is 1.48 bits per heavy atom. The van der Waals surface area contributed by atoms with Gasteiger partial charge in [-0.3, -0.25) is 28.9 Å². The van der Waals surface area contributed by atoms with Gasteiger partial charge in [0.05, 0.1) is 19.8 Å². The van der Waals surface area contributed by atoms with Gasteiger partial charge in [0.25, 0.3) is 0 Å². The van der Waals surface area contributed by atoms with Crippen LogP contribution in [0.25, 0.3) is 0 Å². The van der Waals surface area contributed by atoms with Crippen LogP contribution in [0.4, 0.5) is 0 Å². The molecule has 0 saturated heterocycles. The average Bonchev–Trinajstić information content (AvgIpc) is 3.11. The molecule has 10 N–H and O–H groups in total. The number of rotatable bonds is 31. The standard InChI is InChI=1S/C35H66N8O7/c1-3-5-7-9-16-31(46)38-18-11-12-24-43(25-15-19-39-32(47)17-10-8-6-4-2)33(48)26-42(22-13-20-40-34(49)29(36)27-44)23-14-21-41-35(50)30(37)28-45/h5-8,29-30,44-45H,3-4,9-28,36-37H2,1-2H3,(H,38,46)(H,39,47)(H,40,49)(H,41,50)/b7-5-,8-6-/t29-,30-/m0/s1. The molecule has 0 aromatic carbocycles. The molecule has 0 heterocycles. The molecule has 0 aromatic rings. The molecule has 15 heteroatoms. The Labute approximate surface area is 299 Å². The number of aliphatic hydroxyl groups is 2. The van der Waals surface area contributed by atoms with Crippen molar-refractivity contribution in [1.82, 2.24) is 31.1 Å². The van der Waals surface area contributed by atoms with Crippen molar-refractivity contribution in [3.8, 4) is 0 Å². The number of carbonyl (C=O) groups excluding carboxylic acids is 5. The third kappa shape index (κ3) is 25.6. The van der Waals surface area contributed by atoms with E-state index in [9.17, 15) is 24.0 Å². The second kappa shape index (κ2) is 31.6. The number of aliphatic hydroxyl groups excluding tert-OH is 2. The van der Waals surface area contributed by atoms with Crippen molar-refractivity contribution in [3.63, 3.8) is 0 Å². The molecule has 0 aromatic heterocycles. The van der Waals surface area contributed by atoms with Crippen molar-refractivity contribution in [3.05, 3.63) is 24.3 Å². The molecule has 0 radical (unpaired) electrons. The Balaban J connectivity index is 5.27. The molecule has 288 valence electrons. The Hall–Kier alpha value is -3.37. The smallest absolute Gasteiger partial charge is 0.239 e. The number of hydrogen-bond donors (Lipinski definition) is 8. The second-order valence-electron chi connectivity index (χ2n) is 12.1. The molecule has 0 rings (SSSR count). The highest BCUT2D eigenvalue weighted by molar-refractivity contribution is 5.82. The predicted molar refractivity (Wildman–Crippen MR) is 196 cm³/mol. The summed E-state index contributed by atoms with van der Waals surface area (Å²) >= 11 is 0. The highest BCUT2D eigenvalue weighted by Gasteiger charge is 2.19. The Morgan fingerprint density at radius 2 is 1.02 bits per heavy atom. The maximum absolute atomic E-state index is 13.7. The molecule has 5 amide bonds. The fourth-order valence-electron chi connectivity index (χ4n) is 4.71. The van der Waals surface area contributed by atoms with E-state index in [-0.39, 0.29) is 24.3 Å². The normalized spacial score (nSPS) is 12.6. The van der Waals surface area contributed by atoms with Gasteiger partial charge in [-0.15, -0.1) is 0 Å². The van der Waals surface area contributed by atoms with E-state index in [0.717, 1.165) is 12.8 Å². The molecule has 0 saturated carbocycles. The molecule has 15 nitrogen and oxygen atoms in total. The van der Waals surface area contributed by atoms with Crippen LogP contribution in [0.2, 0.25) is 0 Å². The van der Waals surface area contributed by atoms with E-state index in [0.29, 0.717) is 110 Å². The van der Waals surface area contributed by atoms with Gasteiger partial charge in [-0.2, -0.15) is 0 Å². The van der Waals surface area contributed by atoms with Gasteiger partial charge in [0.15, 0.2) is 0 Å². The number of nitrogens with two attached hydrogens (primary N) is 2. The number of unbranched alkanes of at least 4 members (excludes halogenated alkanes) is 1. The maximum Gasteiger partial charge on any atom is 0.239 e. The van der Waals surface area contributed by atoms with Gasteiger partial charge >= 0.3 is 0 Å². The van der Waals surface area contributed by atoms with Crippen molar-refractivity contribution in [2.24, 2.45) is 11.5 Å². The number of allylic oxidation sites excluding steroid dienone is 4. The highest BCUT2D eigenvalue weighted by atomic mass is 16.3. The van der Waals surface area contributed by atoms with Gasteiger partial charge in [-0.05, 0) is 57.8 Å². The lowest BCUT2D eigenvalue weighted by atomic mass is 10.2. The van der Waals surface area contributed by atoms with Crippen molar-refractivity contribution < 1.29 is 34.2 Å². The molecule has 0 aliphatic rings. The van der Waals surface area contributed by atoms with Crippen molar-refractivity contribution in [1.29, 1.82) is 0 Å². The van der Waals surface area contributed by atoms with Crippen LogP contribution in [0.15, 0.2) is 24.3 Å². The van der Waals surface area contributed by atoms with Gasteiger partial charge in [0, 0.05) is 65.2 Å². The summed E-state index contributed by atoms with van der Waals surface area (Å²) in [5.74, 6) is -1.05. The second-order valence-corrected chi connectivity index (χ2v) is 12.1. The zero-order chi connectivity index (χ0) is 37.4. The van der Waals surface area contributed by atoms with Gasteiger partial charge < -0.3 is 47.8 Å². The first kappa shape index (κ1) is 46.6. The van der Waals surface area contributed by atoms with Crippen molar-refractivity contribution >= 4 is 29.5 Å². The van der Waals surface area contributed by atoms with Crippen LogP contribution in [0.5, 0.6) is 0 Å². The topological polar surface area (TPSA) is 232 Å². The Bertz CT molecular complexity index is 982. The van der Waals surface area contributed by atoms with Crippen LogP contribution in [-0.4, -0.2) is 134 Å². The van der Waals surface area contributed by atoms with Gasteiger partial charge in [-0.25, -0.2) is 0 Å². The summed E-state index contributed by atoms with van der Waals surface area (Å²) < 4.78 is 0. The van der Waals surface area contributed by atoms with E-state index in [4.69, 9.17) is 21.7 Å². The van der Waals surface area contributed by atoms with Crippen LogP contribution < -0.4 is 32.7 Å². The summed E-state index contributed by atoms with van der Waals surface area (Å²) in [6.07, 6.45) is 15.2. The van der Waals surface area contributed by atoms with Gasteiger partial charge in [0.1, 0.15) is 12.1 Å². The summed E-state index contributed by atoms with van der Waals surface area (Å²) in [5, 5.41) is 29.4. The summed E-state index contributed by atoms with van der Waals surface area (Å²) in [5.41, 5.74) is 11.1. The minimum Gasteiger partial charge on any atom is -0.394 e. The number of nitrogens with zero attached hydrogens (tertiary/aromatic N) is 2. The number of amides is 5. The molecule has 2 atom stereocenters. The van der Waals surface area contributed by atoms with Crippen LogP contribution in [-0.2, 0) is 24.0 Å². The molecule has 0 aliphatic carbocycles. The van der Waals surface area contributed by atoms with Crippen LogP contribution in [0.1, 0.15) is 84.5 Å². The van der Waals surface area contributed by atoms with E-state index >= 15 is 0 Å². The quantitative estimate of drug-likeness (QED) is 0.0345. The lowest BCUT2D eigenvalue weighted by Crippen LogP contribution is -2.46. The number of hydrogen-bond acceptors (Lipinski definition) is 10. The SMILES string of the molecule is CC/C=C\CCC(=O)NCCCCN(CCCNC(=O)CC/C=C\CC)C(=O)CN(CCCNC(=O)[C@@H](N)CO)CCCNC(=O)[C@@H](N)CO. The monoisotopic (exact) mass is 711 g/mol. The van der Waals surface area contributed by atoms with Gasteiger partial charge in [0.2, 0.25) is 29.5 Å².